The van der Waals surface area contributed by atoms with Crippen LogP contribution in [0.2, 0.25) is 0 Å². The molecule has 1 atom stereocenters. The lowest BCUT2D eigenvalue weighted by Crippen LogP contribution is -2.41. The lowest BCUT2D eigenvalue weighted by molar-refractivity contribution is -0.142. The third-order valence-electron chi connectivity index (χ3n) is 2.64. The first-order valence-electron chi connectivity index (χ1n) is 6.35. The van der Waals surface area contributed by atoms with Gasteiger partial charge in [-0.1, -0.05) is 12.1 Å². The highest BCUT2D eigenvalue weighted by Gasteiger charge is 2.20. The van der Waals surface area contributed by atoms with Gasteiger partial charge in [0.2, 0.25) is 5.91 Å². The second-order valence-corrected chi connectivity index (χ2v) is 4.34. The summed E-state index contributed by atoms with van der Waals surface area (Å²) in [6.45, 7) is 4.92. The average molecular weight is 290 g/mol. The standard InChI is InChI=1S/C15H18N2O4/c1-4-6-13(15(20)21-3)17-14(19)11-7-5-8-12(9-11)16-10(2)18/h4-5,7-9,13H,1,6H2,2-3H3,(H,16,18)(H,17,19)/t13-/m0/s1. The molecule has 21 heavy (non-hydrogen) atoms. The first-order chi connectivity index (χ1) is 9.97. The molecule has 0 aliphatic carbocycles. The largest absolute Gasteiger partial charge is 0.467 e. The number of hydrogen-bond donors (Lipinski definition) is 2. The number of methoxy groups -OCH3 is 1. The zero-order valence-electron chi connectivity index (χ0n) is 12.0. The summed E-state index contributed by atoms with van der Waals surface area (Å²) in [6, 6.07) is 5.63. The molecule has 6 nitrogen and oxygen atoms in total. The molecule has 0 spiro atoms. The lowest BCUT2D eigenvalue weighted by atomic mass is 10.1. The molecule has 0 aliphatic rings. The zero-order chi connectivity index (χ0) is 15.8. The van der Waals surface area contributed by atoms with Crippen molar-refractivity contribution in [2.75, 3.05) is 12.4 Å². The van der Waals surface area contributed by atoms with Crippen LogP contribution in [0.15, 0.2) is 36.9 Å². The Morgan fingerprint density at radius 1 is 1.38 bits per heavy atom. The van der Waals surface area contributed by atoms with Crippen molar-refractivity contribution in [1.82, 2.24) is 5.32 Å². The second kappa shape index (κ2) is 7.84. The minimum Gasteiger partial charge on any atom is -0.467 e. The van der Waals surface area contributed by atoms with Crippen molar-refractivity contribution >= 4 is 23.5 Å². The summed E-state index contributed by atoms with van der Waals surface area (Å²) in [5.41, 5.74) is 0.840. The van der Waals surface area contributed by atoms with Crippen LogP contribution in [0.1, 0.15) is 23.7 Å². The van der Waals surface area contributed by atoms with Gasteiger partial charge in [-0.25, -0.2) is 4.79 Å². The highest BCUT2D eigenvalue weighted by Crippen LogP contribution is 2.11. The molecular weight excluding hydrogens is 272 g/mol. The number of benzene rings is 1. The van der Waals surface area contributed by atoms with E-state index in [1.54, 1.807) is 18.2 Å². The Labute approximate surface area is 123 Å². The van der Waals surface area contributed by atoms with Crippen LogP contribution in [-0.4, -0.2) is 30.9 Å². The van der Waals surface area contributed by atoms with E-state index < -0.39 is 17.9 Å². The topological polar surface area (TPSA) is 84.5 Å². The predicted molar refractivity (Wildman–Crippen MR) is 78.8 cm³/mol. The van der Waals surface area contributed by atoms with Gasteiger partial charge in [-0.2, -0.15) is 0 Å². The third-order valence-corrected chi connectivity index (χ3v) is 2.64. The minimum absolute atomic E-state index is 0.230. The summed E-state index contributed by atoms with van der Waals surface area (Å²) in [7, 11) is 1.25. The lowest BCUT2D eigenvalue weighted by Gasteiger charge is -2.15. The summed E-state index contributed by atoms with van der Waals surface area (Å²) in [5, 5.41) is 5.15. The number of carbonyl (C=O) groups is 3. The highest BCUT2D eigenvalue weighted by molar-refractivity contribution is 5.98. The first kappa shape index (κ1) is 16.4. The summed E-state index contributed by atoms with van der Waals surface area (Å²) >= 11 is 0. The van der Waals surface area contributed by atoms with Gasteiger partial charge in [0.25, 0.3) is 5.91 Å². The van der Waals surface area contributed by atoms with E-state index in [1.807, 2.05) is 0 Å². The fourth-order valence-corrected chi connectivity index (χ4v) is 1.71. The van der Waals surface area contributed by atoms with Crippen molar-refractivity contribution < 1.29 is 19.1 Å². The van der Waals surface area contributed by atoms with E-state index in [9.17, 15) is 14.4 Å². The number of ether oxygens (including phenoxy) is 1. The number of anilines is 1. The van der Waals surface area contributed by atoms with Crippen molar-refractivity contribution in [3.8, 4) is 0 Å². The van der Waals surface area contributed by atoms with Crippen molar-refractivity contribution in [2.24, 2.45) is 0 Å². The molecule has 0 radical (unpaired) electrons. The van der Waals surface area contributed by atoms with Crippen LogP contribution < -0.4 is 10.6 Å². The van der Waals surface area contributed by atoms with E-state index in [0.717, 1.165) is 0 Å². The number of rotatable bonds is 6. The predicted octanol–water partition coefficient (Wildman–Crippen LogP) is 1.49. The molecule has 1 aromatic carbocycles. The van der Waals surface area contributed by atoms with Crippen LogP contribution in [0.5, 0.6) is 0 Å². The van der Waals surface area contributed by atoms with E-state index in [2.05, 4.69) is 21.9 Å². The summed E-state index contributed by atoms with van der Waals surface area (Å²) in [5.74, 6) is -1.20. The van der Waals surface area contributed by atoms with E-state index in [0.29, 0.717) is 11.3 Å². The smallest absolute Gasteiger partial charge is 0.328 e. The molecule has 0 fully saturated rings. The second-order valence-electron chi connectivity index (χ2n) is 4.34. The van der Waals surface area contributed by atoms with Crippen LogP contribution in [-0.2, 0) is 14.3 Å². The summed E-state index contributed by atoms with van der Waals surface area (Å²) in [4.78, 5) is 34.7. The van der Waals surface area contributed by atoms with Gasteiger partial charge in [-0.3, -0.25) is 9.59 Å². The van der Waals surface area contributed by atoms with Crippen molar-refractivity contribution in [3.63, 3.8) is 0 Å². The Kier molecular flexibility index (Phi) is 6.13. The molecule has 2 N–H and O–H groups in total. The fourth-order valence-electron chi connectivity index (χ4n) is 1.71. The van der Waals surface area contributed by atoms with Gasteiger partial charge in [0.15, 0.2) is 0 Å². The number of amides is 2. The van der Waals surface area contributed by atoms with Crippen molar-refractivity contribution in [2.45, 2.75) is 19.4 Å². The van der Waals surface area contributed by atoms with E-state index in [1.165, 1.54) is 26.2 Å². The monoisotopic (exact) mass is 290 g/mol. The van der Waals surface area contributed by atoms with Crippen molar-refractivity contribution in [3.05, 3.63) is 42.5 Å². The molecule has 1 rings (SSSR count). The van der Waals surface area contributed by atoms with Gasteiger partial charge in [0.05, 0.1) is 7.11 Å². The SMILES string of the molecule is C=CC[C@H](NC(=O)c1cccc(NC(C)=O)c1)C(=O)OC. The number of carbonyl (C=O) groups excluding carboxylic acids is 3. The van der Waals surface area contributed by atoms with Crippen LogP contribution in [0.3, 0.4) is 0 Å². The maximum absolute atomic E-state index is 12.1. The molecule has 0 saturated heterocycles. The van der Waals surface area contributed by atoms with Crippen LogP contribution in [0, 0.1) is 0 Å². The van der Waals surface area contributed by atoms with Crippen LogP contribution >= 0.6 is 0 Å². The molecule has 112 valence electrons. The molecule has 2 amide bonds. The molecule has 0 heterocycles. The summed E-state index contributed by atoms with van der Waals surface area (Å²) < 4.78 is 4.62. The zero-order valence-corrected chi connectivity index (χ0v) is 12.0. The quantitative estimate of drug-likeness (QED) is 0.614. The number of nitrogens with one attached hydrogen (secondary N) is 2. The Bertz CT molecular complexity index is 554. The van der Waals surface area contributed by atoms with Gasteiger partial charge < -0.3 is 15.4 Å². The van der Waals surface area contributed by atoms with Gasteiger partial charge >= 0.3 is 5.97 Å². The Morgan fingerprint density at radius 2 is 2.10 bits per heavy atom. The first-order valence-corrected chi connectivity index (χ1v) is 6.35. The van der Waals surface area contributed by atoms with Crippen LogP contribution in [0.4, 0.5) is 5.69 Å². The Hall–Kier alpha value is -2.63. The fraction of sp³-hybridized carbons (Fsp3) is 0.267. The van der Waals surface area contributed by atoms with Crippen molar-refractivity contribution in [1.29, 1.82) is 0 Å². The molecule has 0 bridgehead atoms. The average Bonchev–Trinajstić information content (AvgIpc) is 2.45. The third kappa shape index (κ3) is 5.10. The number of hydrogen-bond acceptors (Lipinski definition) is 4. The van der Waals surface area contributed by atoms with Gasteiger partial charge in [-0.05, 0) is 24.6 Å². The molecule has 0 saturated carbocycles. The van der Waals surface area contributed by atoms with Crippen LogP contribution in [0.25, 0.3) is 0 Å². The maximum Gasteiger partial charge on any atom is 0.328 e. The normalized spacial score (nSPS) is 11.1. The van der Waals surface area contributed by atoms with E-state index in [-0.39, 0.29) is 12.3 Å². The minimum atomic E-state index is -0.788. The van der Waals surface area contributed by atoms with Gasteiger partial charge in [-0.15, -0.1) is 6.58 Å². The number of esters is 1. The molecule has 0 aromatic heterocycles. The Morgan fingerprint density at radius 3 is 2.67 bits per heavy atom. The van der Waals surface area contributed by atoms with E-state index in [4.69, 9.17) is 0 Å². The highest BCUT2D eigenvalue weighted by atomic mass is 16.5. The summed E-state index contributed by atoms with van der Waals surface area (Å²) in [6.07, 6.45) is 1.79. The molecule has 0 aliphatic heterocycles. The Balaban J connectivity index is 2.84. The maximum atomic E-state index is 12.1. The molecular formula is C15H18N2O4. The van der Waals surface area contributed by atoms with Gasteiger partial charge in [0, 0.05) is 18.2 Å². The molecule has 1 aromatic rings. The molecule has 0 unspecified atom stereocenters. The van der Waals surface area contributed by atoms with E-state index >= 15 is 0 Å². The molecule has 6 heteroatoms. The van der Waals surface area contributed by atoms with Gasteiger partial charge in [0.1, 0.15) is 6.04 Å².